The molecule has 0 spiro atoms. The van der Waals surface area contributed by atoms with E-state index in [-0.39, 0.29) is 44.1 Å². The van der Waals surface area contributed by atoms with Crippen molar-refractivity contribution in [2.24, 2.45) is 5.73 Å². The lowest BCUT2D eigenvalue weighted by Crippen LogP contribution is -2.11. The van der Waals surface area contributed by atoms with E-state index in [9.17, 15) is 14.4 Å². The zero-order valence-corrected chi connectivity index (χ0v) is 14.3. The van der Waals surface area contributed by atoms with Crippen LogP contribution in [0.5, 0.6) is 0 Å². The Balaban J connectivity index is -0.000000380. The van der Waals surface area contributed by atoms with Crippen molar-refractivity contribution in [3.8, 4) is 0 Å². The van der Waals surface area contributed by atoms with E-state index >= 15 is 0 Å². The maximum atomic E-state index is 11.0. The lowest BCUT2D eigenvalue weighted by molar-refractivity contribution is -0.107. The minimum absolute atomic E-state index is 0. The van der Waals surface area contributed by atoms with Crippen LogP contribution in [0.2, 0.25) is 0 Å². The zero-order chi connectivity index (χ0) is 16.4. The van der Waals surface area contributed by atoms with E-state index in [1.165, 1.54) is 11.5 Å². The van der Waals surface area contributed by atoms with Gasteiger partial charge in [-0.3, -0.25) is 14.4 Å². The number of aromatic nitrogens is 1. The molecule has 1 aromatic heterocycles. The second-order valence-electron chi connectivity index (χ2n) is 4.61. The van der Waals surface area contributed by atoms with Gasteiger partial charge in [-0.25, -0.2) is 0 Å². The lowest BCUT2D eigenvalue weighted by Gasteiger charge is -1.89. The number of amides is 1. The molecule has 2 heterocycles. The van der Waals surface area contributed by atoms with Gasteiger partial charge in [-0.2, -0.15) is 4.37 Å². The van der Waals surface area contributed by atoms with E-state index in [0.29, 0.717) is 11.3 Å². The molecule has 0 fully saturated rings. The van der Waals surface area contributed by atoms with Crippen molar-refractivity contribution in [3.63, 3.8) is 0 Å². The van der Waals surface area contributed by atoms with Crippen LogP contribution in [0.4, 0.5) is 0 Å². The first-order valence-corrected chi connectivity index (χ1v) is 8.16. The molecule has 7 nitrogen and oxygen atoms in total. The third-order valence-corrected chi connectivity index (χ3v) is 4.90. The fraction of sp³-hybridized carbons (Fsp3) is 0.158. The Morgan fingerprint density at radius 2 is 1.46 bits per heavy atom. The molecule has 1 aliphatic heterocycles. The maximum Gasteiger partial charge on any atom is 0.269 e. The number of carbonyl (C=O) groups excluding carboxylic acids is 3. The van der Waals surface area contributed by atoms with Gasteiger partial charge < -0.3 is 16.7 Å². The summed E-state index contributed by atoms with van der Waals surface area (Å²) < 4.78 is 4.95. The van der Waals surface area contributed by atoms with E-state index in [0.717, 1.165) is 26.7 Å². The molecule has 0 atom stereocenters. The SMILES string of the molecule is C.C.C.NC(=O)c1nsc2ccccc12.O.O.O=C1Sc2ccccc2C1=O. The normalized spacial score (nSPS) is 10.4. The highest BCUT2D eigenvalue weighted by atomic mass is 32.2. The van der Waals surface area contributed by atoms with Gasteiger partial charge in [-0.05, 0) is 41.5 Å². The number of nitrogens with zero attached hydrogens (tertiary/aromatic N) is 1. The quantitative estimate of drug-likeness (QED) is 0.592. The van der Waals surface area contributed by atoms with Gasteiger partial charge in [0, 0.05) is 15.8 Å². The molecule has 0 saturated carbocycles. The Bertz CT molecular complexity index is 941. The van der Waals surface area contributed by atoms with Crippen LogP contribution in [0.25, 0.3) is 10.1 Å². The number of hydrogen-bond acceptors (Lipinski definition) is 6. The topological polar surface area (TPSA) is 153 Å². The maximum absolute atomic E-state index is 11.0. The van der Waals surface area contributed by atoms with Crippen LogP contribution in [0.3, 0.4) is 0 Å². The second-order valence-corrected chi connectivity index (χ2v) is 6.43. The van der Waals surface area contributed by atoms with Crippen molar-refractivity contribution in [1.29, 1.82) is 0 Å². The first-order valence-electron chi connectivity index (χ1n) is 6.57. The van der Waals surface area contributed by atoms with Crippen molar-refractivity contribution in [2.45, 2.75) is 27.2 Å². The van der Waals surface area contributed by atoms with Gasteiger partial charge >= 0.3 is 0 Å². The van der Waals surface area contributed by atoms with E-state index in [1.54, 1.807) is 18.2 Å². The number of Topliss-reactive ketones (excluding diaryl/α,β-unsaturated/α-hetero) is 1. The summed E-state index contributed by atoms with van der Waals surface area (Å²) in [5, 5.41) is 0.473. The van der Waals surface area contributed by atoms with Crippen LogP contribution in [-0.4, -0.2) is 32.1 Å². The molecule has 4 rings (SSSR count). The number of carbonyl (C=O) groups is 3. The minimum atomic E-state index is -0.465. The molecular formula is C19H26N2O5S2. The Kier molecular flexibility index (Phi) is 13.7. The van der Waals surface area contributed by atoms with Crippen LogP contribution in [0.1, 0.15) is 43.1 Å². The van der Waals surface area contributed by atoms with Gasteiger partial charge in [0.25, 0.3) is 11.0 Å². The Labute approximate surface area is 172 Å². The molecule has 0 saturated heterocycles. The molecule has 6 N–H and O–H groups in total. The van der Waals surface area contributed by atoms with Crippen molar-refractivity contribution in [1.82, 2.24) is 4.37 Å². The molecule has 1 aliphatic rings. The van der Waals surface area contributed by atoms with Gasteiger partial charge in [0.15, 0.2) is 0 Å². The molecule has 0 bridgehead atoms. The van der Waals surface area contributed by atoms with Gasteiger partial charge in [0.1, 0.15) is 5.69 Å². The van der Waals surface area contributed by atoms with Gasteiger partial charge in [0.2, 0.25) is 5.78 Å². The number of thioether (sulfide) groups is 1. The third-order valence-electron chi connectivity index (χ3n) is 3.13. The van der Waals surface area contributed by atoms with Gasteiger partial charge in [-0.1, -0.05) is 52.6 Å². The number of nitrogens with two attached hydrogens (primary N) is 1. The van der Waals surface area contributed by atoms with Crippen molar-refractivity contribution in [2.75, 3.05) is 0 Å². The summed E-state index contributed by atoms with van der Waals surface area (Å²) in [4.78, 5) is 33.5. The molecule has 3 aromatic rings. The predicted molar refractivity (Wildman–Crippen MR) is 117 cm³/mol. The number of ketones is 1. The molecule has 28 heavy (non-hydrogen) atoms. The summed E-state index contributed by atoms with van der Waals surface area (Å²) in [6.07, 6.45) is 0. The Morgan fingerprint density at radius 3 is 2.07 bits per heavy atom. The van der Waals surface area contributed by atoms with Crippen LogP contribution >= 0.6 is 23.3 Å². The summed E-state index contributed by atoms with van der Waals surface area (Å²) in [5.74, 6) is -0.835. The largest absolute Gasteiger partial charge is 0.412 e. The summed E-state index contributed by atoms with van der Waals surface area (Å²) in [6, 6.07) is 14.6. The third kappa shape index (κ3) is 5.96. The van der Waals surface area contributed by atoms with Crippen LogP contribution in [0, 0.1) is 0 Å². The molecule has 154 valence electrons. The lowest BCUT2D eigenvalue weighted by atomic mass is 10.1. The number of primary amides is 1. The summed E-state index contributed by atoms with van der Waals surface area (Å²) in [6.45, 7) is 0. The van der Waals surface area contributed by atoms with Gasteiger partial charge in [0.05, 0.1) is 4.70 Å². The van der Waals surface area contributed by atoms with E-state index in [2.05, 4.69) is 4.37 Å². The van der Waals surface area contributed by atoms with Gasteiger partial charge in [-0.15, -0.1) is 0 Å². The molecule has 1 amide bonds. The van der Waals surface area contributed by atoms with Crippen LogP contribution < -0.4 is 5.73 Å². The molecule has 0 unspecified atom stereocenters. The van der Waals surface area contributed by atoms with Crippen molar-refractivity contribution in [3.05, 3.63) is 59.8 Å². The monoisotopic (exact) mass is 426 g/mol. The first kappa shape index (κ1) is 30.1. The number of hydrogen-bond donors (Lipinski definition) is 1. The van der Waals surface area contributed by atoms with E-state index < -0.39 is 5.91 Å². The second kappa shape index (κ2) is 12.7. The van der Waals surface area contributed by atoms with Crippen LogP contribution in [-0.2, 0) is 4.79 Å². The number of benzene rings is 2. The van der Waals surface area contributed by atoms with Crippen molar-refractivity contribution >= 4 is 50.2 Å². The highest BCUT2D eigenvalue weighted by Gasteiger charge is 2.28. The summed E-state index contributed by atoms with van der Waals surface area (Å²) in [5.41, 5.74) is 6.04. The molecular weight excluding hydrogens is 400 g/mol. The standard InChI is InChI=1S/C8H6N2OS.C8H4O2S.3CH4.2H2O/c9-8(11)7-5-3-1-2-4-6(5)12-10-7;9-7-5-3-1-2-4-6(5)11-8(7)10;;;;;/h1-4H,(H2,9,11);1-4H;3*1H4;2*1H2. The smallest absolute Gasteiger partial charge is 0.269 e. The summed E-state index contributed by atoms with van der Waals surface area (Å²) >= 11 is 2.30. The number of fused-ring (bicyclic) bond motifs is 2. The van der Waals surface area contributed by atoms with Crippen LogP contribution in [0.15, 0.2) is 53.4 Å². The molecule has 0 aliphatic carbocycles. The van der Waals surface area contributed by atoms with Crippen molar-refractivity contribution < 1.29 is 25.3 Å². The highest BCUT2D eigenvalue weighted by Crippen LogP contribution is 2.31. The zero-order valence-electron chi connectivity index (χ0n) is 12.7. The minimum Gasteiger partial charge on any atom is -0.412 e. The van der Waals surface area contributed by atoms with E-state index in [4.69, 9.17) is 5.73 Å². The summed E-state index contributed by atoms with van der Waals surface area (Å²) in [7, 11) is 0. The fourth-order valence-corrected chi connectivity index (χ4v) is 3.66. The highest BCUT2D eigenvalue weighted by molar-refractivity contribution is 8.16. The van der Waals surface area contributed by atoms with E-state index in [1.807, 2.05) is 30.3 Å². The first-order chi connectivity index (χ1) is 11.1. The molecule has 9 heteroatoms. The Hall–Kier alpha value is -2.59. The fourth-order valence-electron chi connectivity index (χ4n) is 2.06. The molecule has 0 radical (unpaired) electrons. The average molecular weight is 427 g/mol. The average Bonchev–Trinajstić information content (AvgIpc) is 3.10. The molecule has 2 aromatic carbocycles. The predicted octanol–water partition coefficient (Wildman–Crippen LogP) is 3.16. The number of rotatable bonds is 1. The Morgan fingerprint density at radius 1 is 0.893 bits per heavy atom.